The third-order valence-corrected chi connectivity index (χ3v) is 5.07. The van der Waals surface area contributed by atoms with Gasteiger partial charge in [0.25, 0.3) is 0 Å². The van der Waals surface area contributed by atoms with E-state index in [-0.39, 0.29) is 12.0 Å². The quantitative estimate of drug-likeness (QED) is 0.736. The average molecular weight is 380 g/mol. The van der Waals surface area contributed by atoms with E-state index in [4.69, 9.17) is 9.47 Å². The smallest absolute Gasteiger partial charge is 0.223 e. The summed E-state index contributed by atoms with van der Waals surface area (Å²) in [6.07, 6.45) is 0.833. The van der Waals surface area contributed by atoms with E-state index in [0.29, 0.717) is 38.4 Å². The molecule has 28 heavy (non-hydrogen) atoms. The first kappa shape index (κ1) is 18.4. The molecular weight excluding hydrogens is 356 g/mol. The van der Waals surface area contributed by atoms with Gasteiger partial charge < -0.3 is 14.4 Å². The van der Waals surface area contributed by atoms with Crippen molar-refractivity contribution in [3.8, 4) is 5.75 Å². The Morgan fingerprint density at radius 1 is 1.29 bits per heavy atom. The van der Waals surface area contributed by atoms with Crippen LogP contribution in [0.25, 0.3) is 10.8 Å². The third kappa shape index (κ3) is 3.99. The number of amides is 1. The molecule has 1 aliphatic rings. The lowest BCUT2D eigenvalue weighted by molar-refractivity contribution is -0.139. The predicted molar refractivity (Wildman–Crippen MR) is 105 cm³/mol. The number of fused-ring (bicyclic) bond motifs is 1. The SMILES string of the molecule is COc1ccc2cc(C3CN(C(=O)CCc4n[nH]c(C)n4)CCO3)ccc2c1. The van der Waals surface area contributed by atoms with Crippen LogP contribution in [0.5, 0.6) is 5.75 Å². The van der Waals surface area contributed by atoms with E-state index < -0.39 is 0 Å². The maximum absolute atomic E-state index is 12.6. The van der Waals surface area contributed by atoms with Gasteiger partial charge in [-0.25, -0.2) is 4.98 Å². The second-order valence-corrected chi connectivity index (χ2v) is 7.01. The lowest BCUT2D eigenvalue weighted by atomic mass is 10.0. The molecule has 0 saturated carbocycles. The topological polar surface area (TPSA) is 80.3 Å². The van der Waals surface area contributed by atoms with Crippen LogP contribution in [-0.4, -0.2) is 52.8 Å². The highest BCUT2D eigenvalue weighted by molar-refractivity contribution is 5.84. The van der Waals surface area contributed by atoms with Crippen LogP contribution in [0.1, 0.15) is 29.7 Å². The zero-order valence-corrected chi connectivity index (χ0v) is 16.1. The van der Waals surface area contributed by atoms with Gasteiger partial charge in [0.1, 0.15) is 17.7 Å². The van der Waals surface area contributed by atoms with E-state index in [0.717, 1.165) is 27.9 Å². The number of hydrogen-bond donors (Lipinski definition) is 1. The molecule has 1 fully saturated rings. The summed E-state index contributed by atoms with van der Waals surface area (Å²) < 4.78 is 11.2. The number of benzene rings is 2. The molecule has 1 saturated heterocycles. The van der Waals surface area contributed by atoms with Crippen LogP contribution in [0.3, 0.4) is 0 Å². The Balaban J connectivity index is 1.42. The van der Waals surface area contributed by atoms with Gasteiger partial charge in [0.15, 0.2) is 5.82 Å². The van der Waals surface area contributed by atoms with Crippen molar-refractivity contribution in [1.29, 1.82) is 0 Å². The van der Waals surface area contributed by atoms with Gasteiger partial charge >= 0.3 is 0 Å². The number of H-pyrrole nitrogens is 1. The second-order valence-electron chi connectivity index (χ2n) is 7.01. The Labute approximate surface area is 163 Å². The molecule has 3 aromatic rings. The normalized spacial score (nSPS) is 17.1. The van der Waals surface area contributed by atoms with Gasteiger partial charge in [0.05, 0.1) is 20.3 Å². The van der Waals surface area contributed by atoms with E-state index in [9.17, 15) is 4.79 Å². The van der Waals surface area contributed by atoms with Crippen LogP contribution in [0.4, 0.5) is 0 Å². The van der Waals surface area contributed by atoms with Crippen molar-refractivity contribution < 1.29 is 14.3 Å². The Bertz CT molecular complexity index is 985. The summed E-state index contributed by atoms with van der Waals surface area (Å²) in [6.45, 7) is 3.57. The number of carbonyl (C=O) groups is 1. The van der Waals surface area contributed by atoms with Crippen molar-refractivity contribution in [3.63, 3.8) is 0 Å². The number of aromatic nitrogens is 3. The molecule has 2 heterocycles. The van der Waals surface area contributed by atoms with Gasteiger partial charge in [-0.3, -0.25) is 9.89 Å². The first-order chi connectivity index (χ1) is 13.6. The summed E-state index contributed by atoms with van der Waals surface area (Å²) in [5.41, 5.74) is 1.08. The standard InChI is InChI=1S/C21H24N4O3/c1-14-22-20(24-23-14)7-8-21(26)25-9-10-28-19(13-25)17-4-3-16-12-18(27-2)6-5-15(16)11-17/h3-6,11-12,19H,7-10,13H2,1-2H3,(H,22,23,24). The molecule has 1 unspecified atom stereocenters. The summed E-state index contributed by atoms with van der Waals surface area (Å²) >= 11 is 0. The number of ether oxygens (including phenoxy) is 2. The Morgan fingerprint density at radius 3 is 2.89 bits per heavy atom. The molecule has 0 spiro atoms. The predicted octanol–water partition coefficient (Wildman–Crippen LogP) is 2.81. The molecule has 0 bridgehead atoms. The minimum Gasteiger partial charge on any atom is -0.497 e. The molecule has 1 atom stereocenters. The largest absolute Gasteiger partial charge is 0.497 e. The maximum atomic E-state index is 12.6. The van der Waals surface area contributed by atoms with Gasteiger partial charge in [-0.1, -0.05) is 18.2 Å². The molecule has 7 heteroatoms. The molecule has 4 rings (SSSR count). The van der Waals surface area contributed by atoms with E-state index in [1.807, 2.05) is 30.0 Å². The monoisotopic (exact) mass is 380 g/mol. The number of aryl methyl sites for hydroxylation is 2. The maximum Gasteiger partial charge on any atom is 0.223 e. The lowest BCUT2D eigenvalue weighted by Crippen LogP contribution is -2.42. The van der Waals surface area contributed by atoms with Gasteiger partial charge in [0.2, 0.25) is 5.91 Å². The number of methoxy groups -OCH3 is 1. The van der Waals surface area contributed by atoms with Gasteiger partial charge in [-0.05, 0) is 41.5 Å². The minimum atomic E-state index is -0.116. The molecule has 1 aliphatic heterocycles. The Kier molecular flexibility index (Phi) is 5.25. The van der Waals surface area contributed by atoms with E-state index in [1.165, 1.54) is 0 Å². The number of hydrogen-bond acceptors (Lipinski definition) is 5. The summed E-state index contributed by atoms with van der Waals surface area (Å²) in [4.78, 5) is 18.8. The van der Waals surface area contributed by atoms with Gasteiger partial charge in [0, 0.05) is 19.4 Å². The van der Waals surface area contributed by atoms with Crippen LogP contribution >= 0.6 is 0 Å². The molecule has 146 valence electrons. The summed E-state index contributed by atoms with van der Waals surface area (Å²) in [7, 11) is 1.67. The van der Waals surface area contributed by atoms with Crippen molar-refractivity contribution in [1.82, 2.24) is 20.1 Å². The number of morpholine rings is 1. The molecule has 1 amide bonds. The van der Waals surface area contributed by atoms with Crippen LogP contribution < -0.4 is 4.74 Å². The van der Waals surface area contributed by atoms with Crippen LogP contribution in [0.15, 0.2) is 36.4 Å². The first-order valence-electron chi connectivity index (χ1n) is 9.47. The molecule has 0 aliphatic carbocycles. The highest BCUT2D eigenvalue weighted by atomic mass is 16.5. The molecule has 1 N–H and O–H groups in total. The fourth-order valence-electron chi connectivity index (χ4n) is 3.52. The fourth-order valence-corrected chi connectivity index (χ4v) is 3.52. The fraction of sp³-hybridized carbons (Fsp3) is 0.381. The van der Waals surface area contributed by atoms with Crippen molar-refractivity contribution in [2.75, 3.05) is 26.8 Å². The van der Waals surface area contributed by atoms with E-state index in [1.54, 1.807) is 7.11 Å². The van der Waals surface area contributed by atoms with Crippen molar-refractivity contribution in [2.45, 2.75) is 25.9 Å². The summed E-state index contributed by atoms with van der Waals surface area (Å²) in [6, 6.07) is 12.3. The van der Waals surface area contributed by atoms with E-state index in [2.05, 4.69) is 33.4 Å². The average Bonchev–Trinajstić information content (AvgIpc) is 3.16. The molecule has 2 aromatic carbocycles. The summed E-state index contributed by atoms with van der Waals surface area (Å²) in [5, 5.41) is 9.15. The van der Waals surface area contributed by atoms with Crippen LogP contribution in [-0.2, 0) is 16.0 Å². The van der Waals surface area contributed by atoms with E-state index >= 15 is 0 Å². The number of aromatic amines is 1. The van der Waals surface area contributed by atoms with Crippen molar-refractivity contribution in [2.24, 2.45) is 0 Å². The molecule has 0 radical (unpaired) electrons. The number of nitrogens with one attached hydrogen (secondary N) is 1. The highest BCUT2D eigenvalue weighted by Gasteiger charge is 2.25. The van der Waals surface area contributed by atoms with Gasteiger partial charge in [-0.15, -0.1) is 0 Å². The third-order valence-electron chi connectivity index (χ3n) is 5.07. The summed E-state index contributed by atoms with van der Waals surface area (Å²) in [5.74, 6) is 2.40. The van der Waals surface area contributed by atoms with Gasteiger partial charge in [-0.2, -0.15) is 5.10 Å². The molecular formula is C21H24N4O3. The lowest BCUT2D eigenvalue weighted by Gasteiger charge is -2.33. The highest BCUT2D eigenvalue weighted by Crippen LogP contribution is 2.28. The van der Waals surface area contributed by atoms with Crippen LogP contribution in [0.2, 0.25) is 0 Å². The Hall–Kier alpha value is -2.93. The molecule has 1 aromatic heterocycles. The Morgan fingerprint density at radius 2 is 2.11 bits per heavy atom. The number of nitrogens with zero attached hydrogens (tertiary/aromatic N) is 3. The van der Waals surface area contributed by atoms with Crippen molar-refractivity contribution in [3.05, 3.63) is 53.6 Å². The zero-order chi connectivity index (χ0) is 19.5. The molecule has 7 nitrogen and oxygen atoms in total. The van der Waals surface area contributed by atoms with Crippen LogP contribution in [0, 0.1) is 6.92 Å². The first-order valence-corrected chi connectivity index (χ1v) is 9.47. The zero-order valence-electron chi connectivity index (χ0n) is 16.1. The second kappa shape index (κ2) is 7.98. The minimum absolute atomic E-state index is 0.112. The number of carbonyl (C=O) groups excluding carboxylic acids is 1. The van der Waals surface area contributed by atoms with Crippen molar-refractivity contribution >= 4 is 16.7 Å². The number of rotatable bonds is 5.